The molecule has 3 saturated heterocycles. The number of urea groups is 1. The van der Waals surface area contributed by atoms with E-state index < -0.39 is 7.14 Å². The monoisotopic (exact) mass is 853 g/mol. The van der Waals surface area contributed by atoms with Gasteiger partial charge in [-0.05, 0) is 106 Å². The van der Waals surface area contributed by atoms with Crippen LogP contribution in [0.25, 0.3) is 0 Å². The number of hydrogen-bond donors (Lipinski definition) is 3. The van der Waals surface area contributed by atoms with Gasteiger partial charge in [0.2, 0.25) is 11.9 Å². The molecule has 8 rings (SSSR count). The van der Waals surface area contributed by atoms with E-state index in [-0.39, 0.29) is 11.9 Å². The van der Waals surface area contributed by atoms with Crippen molar-refractivity contribution >= 4 is 70.5 Å². The molecular weight excluding hydrogens is 797 g/mol. The highest BCUT2D eigenvalue weighted by Crippen LogP contribution is 2.40. The summed E-state index contributed by atoms with van der Waals surface area (Å²) in [6, 6.07) is 22.4. The lowest BCUT2D eigenvalue weighted by atomic mass is 9.78. The molecule has 0 radical (unpaired) electrons. The van der Waals surface area contributed by atoms with Crippen LogP contribution in [0.15, 0.2) is 72.9 Å². The number of rotatable bonds is 12. The number of nitrogens with zero attached hydrogens (tertiary/aromatic N) is 6. The lowest BCUT2D eigenvalue weighted by Crippen LogP contribution is -2.53. The number of halogens is 1. The molecule has 4 aromatic rings. The number of para-hydroxylation sites is 1. The topological polar surface area (TPSA) is 135 Å². The van der Waals surface area contributed by atoms with Gasteiger partial charge in [0.25, 0.3) is 0 Å². The average molecular weight is 854 g/mol. The second kappa shape index (κ2) is 18.5. The van der Waals surface area contributed by atoms with Gasteiger partial charge >= 0.3 is 6.03 Å². The van der Waals surface area contributed by atoms with Crippen molar-refractivity contribution in [3.05, 3.63) is 83.5 Å². The molecule has 0 spiro atoms. The number of carbonyl (C=O) groups excluding carboxylic acids is 2. The summed E-state index contributed by atoms with van der Waals surface area (Å²) in [6.45, 7) is 11.7. The van der Waals surface area contributed by atoms with Crippen molar-refractivity contribution in [2.24, 2.45) is 5.92 Å². The fraction of sp³-hybridized carbons (Fsp3) is 0.467. The molecule has 4 fully saturated rings. The minimum atomic E-state index is -2.54. The van der Waals surface area contributed by atoms with Crippen molar-refractivity contribution in [2.45, 2.75) is 56.9 Å². The van der Waals surface area contributed by atoms with Crippen LogP contribution in [0.3, 0.4) is 0 Å². The maximum absolute atomic E-state index is 12.9. The van der Waals surface area contributed by atoms with Crippen LogP contribution in [0.4, 0.5) is 39.3 Å². The van der Waals surface area contributed by atoms with E-state index in [1.807, 2.05) is 42.5 Å². The molecule has 15 heteroatoms. The highest BCUT2D eigenvalue weighted by atomic mass is 35.5. The average Bonchev–Trinajstić information content (AvgIpc) is 3.25. The highest BCUT2D eigenvalue weighted by molar-refractivity contribution is 7.70. The van der Waals surface area contributed by atoms with E-state index in [2.05, 4.69) is 64.9 Å². The zero-order valence-electron chi connectivity index (χ0n) is 34.9. The third-order valence-corrected chi connectivity index (χ3v) is 14.6. The lowest BCUT2D eigenvalue weighted by Gasteiger charge is -2.44. The van der Waals surface area contributed by atoms with Gasteiger partial charge in [0.15, 0.2) is 5.82 Å². The summed E-state index contributed by atoms with van der Waals surface area (Å²) in [6.07, 6.45) is 9.11. The van der Waals surface area contributed by atoms with Gasteiger partial charge in [0.05, 0.1) is 24.7 Å². The van der Waals surface area contributed by atoms with E-state index in [4.69, 9.17) is 16.3 Å². The number of nitrogens with one attached hydrogen (secondary N) is 3. The summed E-state index contributed by atoms with van der Waals surface area (Å²) in [5.41, 5.74) is 4.79. The number of anilines is 6. The summed E-state index contributed by atoms with van der Waals surface area (Å²) in [5, 5.41) is 10.1. The van der Waals surface area contributed by atoms with Gasteiger partial charge in [0.1, 0.15) is 17.9 Å². The van der Waals surface area contributed by atoms with E-state index in [1.165, 1.54) is 37.8 Å². The first-order valence-electron chi connectivity index (χ1n) is 21.3. The van der Waals surface area contributed by atoms with Crippen LogP contribution in [0.5, 0.6) is 5.75 Å². The number of amides is 3. The van der Waals surface area contributed by atoms with Crippen LogP contribution < -0.4 is 35.8 Å². The Kier molecular flexibility index (Phi) is 13.0. The smallest absolute Gasteiger partial charge is 0.328 e. The predicted octanol–water partition coefficient (Wildman–Crippen LogP) is 7.88. The van der Waals surface area contributed by atoms with Gasteiger partial charge in [0, 0.05) is 87.6 Å². The molecule has 0 unspecified atom stereocenters. The van der Waals surface area contributed by atoms with E-state index in [9.17, 15) is 14.2 Å². The van der Waals surface area contributed by atoms with Crippen LogP contribution in [0, 0.1) is 5.92 Å². The summed E-state index contributed by atoms with van der Waals surface area (Å²) < 4.78 is 18.8. The Balaban J connectivity index is 0.778. The van der Waals surface area contributed by atoms with Crippen molar-refractivity contribution in [3.8, 4) is 5.75 Å². The first kappa shape index (κ1) is 42.0. The fourth-order valence-corrected chi connectivity index (χ4v) is 10.7. The van der Waals surface area contributed by atoms with Crippen molar-refractivity contribution in [3.63, 3.8) is 0 Å². The first-order chi connectivity index (χ1) is 29.0. The molecule has 4 heterocycles. The van der Waals surface area contributed by atoms with E-state index in [0.717, 1.165) is 80.4 Å². The number of imide groups is 1. The molecule has 4 aliphatic rings. The van der Waals surface area contributed by atoms with Gasteiger partial charge in [-0.25, -0.2) is 9.78 Å². The van der Waals surface area contributed by atoms with Crippen LogP contribution in [0.2, 0.25) is 5.02 Å². The second-order valence-corrected chi connectivity index (χ2v) is 20.6. The van der Waals surface area contributed by atoms with E-state index in [1.54, 1.807) is 31.5 Å². The lowest BCUT2D eigenvalue weighted by molar-refractivity contribution is -0.120. The number of piperazine rings is 1. The molecule has 0 atom stereocenters. The highest BCUT2D eigenvalue weighted by Gasteiger charge is 2.31. The molecule has 318 valence electrons. The predicted molar refractivity (Wildman–Crippen MR) is 242 cm³/mol. The first-order valence-corrected chi connectivity index (χ1v) is 24.3. The summed E-state index contributed by atoms with van der Waals surface area (Å²) in [5.74, 6) is 2.60. The Bertz CT molecular complexity index is 2200. The van der Waals surface area contributed by atoms with Crippen molar-refractivity contribution < 1.29 is 18.9 Å². The molecule has 1 saturated carbocycles. The Morgan fingerprint density at radius 1 is 0.833 bits per heavy atom. The Morgan fingerprint density at radius 2 is 1.55 bits per heavy atom. The van der Waals surface area contributed by atoms with Crippen LogP contribution in [-0.4, -0.2) is 111 Å². The van der Waals surface area contributed by atoms with Crippen molar-refractivity contribution in [2.75, 3.05) is 93.2 Å². The van der Waals surface area contributed by atoms with E-state index in [0.29, 0.717) is 53.2 Å². The molecule has 3 N–H and O–H groups in total. The molecule has 60 heavy (non-hydrogen) atoms. The number of aromatic nitrogens is 2. The third-order valence-electron chi connectivity index (χ3n) is 12.8. The molecule has 1 aromatic heterocycles. The number of ether oxygens (including phenoxy) is 1. The SMILES string of the molecule is COc1cc(N2CCC(N3CCN(CC4CCC(c5ccc(N6CCC(=O)NC6=O)cc5)CC4)CC3)CC2)ccc1Nc1ncc(Cl)c(Nc2ccccc2P(C)(C)=O)n1. The number of hydrogen-bond acceptors (Lipinski definition) is 11. The fourth-order valence-electron chi connectivity index (χ4n) is 9.37. The van der Waals surface area contributed by atoms with Gasteiger partial charge in [-0.1, -0.05) is 35.9 Å². The molecule has 3 aliphatic heterocycles. The van der Waals surface area contributed by atoms with Gasteiger partial charge in [-0.15, -0.1) is 0 Å². The molecular formula is C45H57ClN9O4P. The maximum atomic E-state index is 12.9. The number of piperidine rings is 1. The van der Waals surface area contributed by atoms with Gasteiger partial charge in [-0.3, -0.25) is 19.9 Å². The Morgan fingerprint density at radius 3 is 2.25 bits per heavy atom. The summed E-state index contributed by atoms with van der Waals surface area (Å²) >= 11 is 6.49. The minimum Gasteiger partial charge on any atom is -0.494 e. The molecule has 1 aliphatic carbocycles. The zero-order chi connectivity index (χ0) is 41.8. The van der Waals surface area contributed by atoms with Crippen molar-refractivity contribution in [1.29, 1.82) is 0 Å². The quantitative estimate of drug-likeness (QED) is 0.120. The number of benzene rings is 3. The zero-order valence-corrected chi connectivity index (χ0v) is 36.6. The van der Waals surface area contributed by atoms with Gasteiger partial charge in [-0.2, -0.15) is 4.98 Å². The minimum absolute atomic E-state index is 0.205. The van der Waals surface area contributed by atoms with Crippen molar-refractivity contribution in [1.82, 2.24) is 25.1 Å². The molecule has 3 aromatic carbocycles. The molecule has 13 nitrogen and oxygen atoms in total. The summed E-state index contributed by atoms with van der Waals surface area (Å²) in [4.78, 5) is 42.4. The number of methoxy groups -OCH3 is 1. The van der Waals surface area contributed by atoms with Crippen LogP contribution >= 0.6 is 18.7 Å². The van der Waals surface area contributed by atoms with Gasteiger partial charge < -0.3 is 29.7 Å². The normalized spacial score (nSPS) is 21.1. The second-order valence-electron chi connectivity index (χ2n) is 17.0. The Hall–Kier alpha value is -4.68. The molecule has 3 amide bonds. The van der Waals surface area contributed by atoms with E-state index >= 15 is 0 Å². The Labute approximate surface area is 358 Å². The third kappa shape index (κ3) is 9.92. The summed E-state index contributed by atoms with van der Waals surface area (Å²) in [7, 11) is -0.862. The maximum Gasteiger partial charge on any atom is 0.328 e. The number of carbonyl (C=O) groups is 2. The van der Waals surface area contributed by atoms with Crippen LogP contribution in [-0.2, 0) is 9.36 Å². The largest absolute Gasteiger partial charge is 0.494 e. The standard InChI is InChI=1S/C45H57ClN9O4P/c1-59-40-28-36(16-17-38(40)49-44-47-29-37(46)43(51-44)48-39-6-4-5-7-41(39)60(2,3)58)53-21-18-34(19-22-53)54-26-24-52(25-27-54)30-31-8-10-32(11-9-31)33-12-14-35(15-13-33)55-23-20-42(56)50-45(55)57/h4-7,12-17,28-29,31-32,34H,8-11,18-27,30H2,1-3H3,(H,50,56,57)(H2,47,48,49,51). The van der Waals surface area contributed by atoms with Crippen LogP contribution in [0.1, 0.15) is 56.4 Å². The molecule has 0 bridgehead atoms.